The number of carboxylic acid groups (broad SMARTS) is 1. The van der Waals surface area contributed by atoms with Crippen LogP contribution < -0.4 is 0 Å². The molecule has 1 N–H and O–H groups in total. The molecule has 2 fully saturated rings. The van der Waals surface area contributed by atoms with E-state index in [-0.39, 0.29) is 11.5 Å². The predicted octanol–water partition coefficient (Wildman–Crippen LogP) is 3.99. The zero-order chi connectivity index (χ0) is 21.4. The summed E-state index contributed by atoms with van der Waals surface area (Å²) in [5.74, 6) is -0.107. The standard InChI is InChI=1S/C24H25N3O4/c28-23(26-11-13-31-14-12-26)17-7-5-16(6-8-17)22-25-20-15-18(24(29)30)9-10-21(20)27(22)19-3-1-2-4-19/h5-10,15,19H,1-4,11-14H2,(H,29,30). The van der Waals surface area contributed by atoms with E-state index in [2.05, 4.69) is 4.57 Å². The number of carboxylic acids is 1. The van der Waals surface area contributed by atoms with Gasteiger partial charge in [0.05, 0.1) is 29.8 Å². The van der Waals surface area contributed by atoms with E-state index >= 15 is 0 Å². The average molecular weight is 419 g/mol. The first-order chi connectivity index (χ1) is 15.1. The van der Waals surface area contributed by atoms with Gasteiger partial charge in [-0.25, -0.2) is 9.78 Å². The number of ether oxygens (including phenoxy) is 1. The number of carbonyl (C=O) groups is 2. The highest BCUT2D eigenvalue weighted by Gasteiger charge is 2.24. The molecule has 1 saturated heterocycles. The number of rotatable bonds is 4. The molecule has 160 valence electrons. The first kappa shape index (κ1) is 19.8. The van der Waals surface area contributed by atoms with Gasteiger partial charge in [-0.05, 0) is 43.2 Å². The third-order valence-corrected chi connectivity index (χ3v) is 6.31. The van der Waals surface area contributed by atoms with E-state index in [1.165, 1.54) is 12.8 Å². The Labute approximate surface area is 180 Å². The van der Waals surface area contributed by atoms with Crippen molar-refractivity contribution in [3.8, 4) is 11.4 Å². The maximum Gasteiger partial charge on any atom is 0.335 e. The molecule has 1 aliphatic carbocycles. The number of hydrogen-bond acceptors (Lipinski definition) is 4. The molecule has 2 aromatic carbocycles. The second-order valence-electron chi connectivity index (χ2n) is 8.23. The summed E-state index contributed by atoms with van der Waals surface area (Å²) in [6.45, 7) is 2.38. The summed E-state index contributed by atoms with van der Waals surface area (Å²) in [6, 6.07) is 13.1. The number of benzene rings is 2. The van der Waals surface area contributed by atoms with Crippen molar-refractivity contribution in [3.63, 3.8) is 0 Å². The summed E-state index contributed by atoms with van der Waals surface area (Å²) in [5.41, 5.74) is 3.47. The molecule has 0 bridgehead atoms. The number of aromatic nitrogens is 2. The molecule has 7 heteroatoms. The summed E-state index contributed by atoms with van der Waals surface area (Å²) < 4.78 is 7.59. The molecule has 2 aliphatic rings. The van der Waals surface area contributed by atoms with Gasteiger partial charge in [-0.15, -0.1) is 0 Å². The Morgan fingerprint density at radius 1 is 0.968 bits per heavy atom. The van der Waals surface area contributed by atoms with Gasteiger partial charge in [0, 0.05) is 30.3 Å². The van der Waals surface area contributed by atoms with Gasteiger partial charge in [-0.1, -0.05) is 25.0 Å². The molecule has 1 saturated carbocycles. The minimum absolute atomic E-state index is 0.0187. The van der Waals surface area contributed by atoms with Crippen molar-refractivity contribution < 1.29 is 19.4 Å². The van der Waals surface area contributed by atoms with Crippen molar-refractivity contribution in [2.24, 2.45) is 0 Å². The summed E-state index contributed by atoms with van der Waals surface area (Å²) >= 11 is 0. The van der Waals surface area contributed by atoms with Crippen LogP contribution in [0.4, 0.5) is 0 Å². The highest BCUT2D eigenvalue weighted by molar-refractivity contribution is 5.95. The van der Waals surface area contributed by atoms with E-state index in [1.54, 1.807) is 12.1 Å². The van der Waals surface area contributed by atoms with Crippen molar-refractivity contribution in [2.45, 2.75) is 31.7 Å². The second-order valence-corrected chi connectivity index (χ2v) is 8.23. The fraction of sp³-hybridized carbons (Fsp3) is 0.375. The molecule has 2 heterocycles. The van der Waals surface area contributed by atoms with E-state index in [0.29, 0.717) is 43.4 Å². The summed E-state index contributed by atoms with van der Waals surface area (Å²) in [6.07, 6.45) is 4.55. The minimum Gasteiger partial charge on any atom is -0.478 e. The topological polar surface area (TPSA) is 84.7 Å². The third-order valence-electron chi connectivity index (χ3n) is 6.31. The van der Waals surface area contributed by atoms with Crippen LogP contribution in [0, 0.1) is 0 Å². The molecule has 7 nitrogen and oxygen atoms in total. The van der Waals surface area contributed by atoms with Crippen LogP contribution in [0.25, 0.3) is 22.4 Å². The molecule has 3 aromatic rings. The van der Waals surface area contributed by atoms with Crippen LogP contribution in [0.3, 0.4) is 0 Å². The normalized spacial score (nSPS) is 17.4. The third kappa shape index (κ3) is 3.70. The van der Waals surface area contributed by atoms with E-state index < -0.39 is 5.97 Å². The van der Waals surface area contributed by atoms with Crippen molar-refractivity contribution in [1.29, 1.82) is 0 Å². The van der Waals surface area contributed by atoms with Gasteiger partial charge in [-0.2, -0.15) is 0 Å². The van der Waals surface area contributed by atoms with Crippen LogP contribution in [0.15, 0.2) is 42.5 Å². The smallest absolute Gasteiger partial charge is 0.335 e. The van der Waals surface area contributed by atoms with Crippen LogP contribution in [-0.4, -0.2) is 57.7 Å². The first-order valence-corrected chi connectivity index (χ1v) is 10.8. The van der Waals surface area contributed by atoms with Crippen LogP contribution in [0.2, 0.25) is 0 Å². The molecular weight excluding hydrogens is 394 g/mol. The molecule has 0 unspecified atom stereocenters. The number of carbonyl (C=O) groups excluding carboxylic acids is 1. The zero-order valence-electron chi connectivity index (χ0n) is 17.3. The van der Waals surface area contributed by atoms with E-state index in [4.69, 9.17) is 9.72 Å². The Balaban J connectivity index is 1.53. The van der Waals surface area contributed by atoms with Crippen LogP contribution >= 0.6 is 0 Å². The molecule has 1 aromatic heterocycles. The minimum atomic E-state index is -0.954. The maximum absolute atomic E-state index is 12.8. The summed E-state index contributed by atoms with van der Waals surface area (Å²) in [7, 11) is 0. The fourth-order valence-electron chi connectivity index (χ4n) is 4.68. The van der Waals surface area contributed by atoms with Gasteiger partial charge in [0.1, 0.15) is 5.82 Å². The molecule has 1 amide bonds. The van der Waals surface area contributed by atoms with Gasteiger partial charge in [0.15, 0.2) is 0 Å². The number of imidazole rings is 1. The lowest BCUT2D eigenvalue weighted by Gasteiger charge is -2.26. The number of amides is 1. The lowest BCUT2D eigenvalue weighted by atomic mass is 10.1. The molecule has 5 rings (SSSR count). The Kier molecular flexibility index (Phi) is 5.19. The van der Waals surface area contributed by atoms with Crippen LogP contribution in [0.1, 0.15) is 52.4 Å². The summed E-state index contributed by atoms with van der Waals surface area (Å²) in [5, 5.41) is 9.36. The molecule has 0 radical (unpaired) electrons. The van der Waals surface area contributed by atoms with Crippen molar-refractivity contribution >= 4 is 22.9 Å². The first-order valence-electron chi connectivity index (χ1n) is 10.8. The monoisotopic (exact) mass is 419 g/mol. The Morgan fingerprint density at radius 2 is 1.65 bits per heavy atom. The Bertz CT molecular complexity index is 1120. The van der Waals surface area contributed by atoms with E-state index in [1.807, 2.05) is 35.2 Å². The van der Waals surface area contributed by atoms with Gasteiger partial charge >= 0.3 is 5.97 Å². The predicted molar refractivity (Wildman–Crippen MR) is 116 cm³/mol. The van der Waals surface area contributed by atoms with Gasteiger partial charge in [0.25, 0.3) is 5.91 Å². The van der Waals surface area contributed by atoms with Crippen molar-refractivity contribution in [3.05, 3.63) is 53.6 Å². The van der Waals surface area contributed by atoms with Crippen LogP contribution in [-0.2, 0) is 4.74 Å². The Hall–Kier alpha value is -3.19. The summed E-state index contributed by atoms with van der Waals surface area (Å²) in [4.78, 5) is 30.8. The largest absolute Gasteiger partial charge is 0.478 e. The Morgan fingerprint density at radius 3 is 2.32 bits per heavy atom. The number of nitrogens with zero attached hydrogens (tertiary/aromatic N) is 3. The lowest BCUT2D eigenvalue weighted by molar-refractivity contribution is 0.0303. The van der Waals surface area contributed by atoms with Crippen LogP contribution in [0.5, 0.6) is 0 Å². The highest BCUT2D eigenvalue weighted by Crippen LogP contribution is 2.37. The average Bonchev–Trinajstić information content (AvgIpc) is 3.46. The number of aromatic carboxylic acids is 1. The second kappa shape index (κ2) is 8.15. The molecule has 0 atom stereocenters. The van der Waals surface area contributed by atoms with Crippen molar-refractivity contribution in [2.75, 3.05) is 26.3 Å². The molecule has 31 heavy (non-hydrogen) atoms. The van der Waals surface area contributed by atoms with Crippen molar-refractivity contribution in [1.82, 2.24) is 14.5 Å². The number of hydrogen-bond donors (Lipinski definition) is 1. The van der Waals surface area contributed by atoms with Gasteiger partial charge < -0.3 is 19.3 Å². The highest BCUT2D eigenvalue weighted by atomic mass is 16.5. The SMILES string of the molecule is O=C(O)c1ccc2c(c1)nc(-c1ccc(C(=O)N3CCOCC3)cc1)n2C1CCCC1. The fourth-order valence-corrected chi connectivity index (χ4v) is 4.68. The lowest BCUT2D eigenvalue weighted by Crippen LogP contribution is -2.40. The van der Waals surface area contributed by atoms with E-state index in [9.17, 15) is 14.7 Å². The molecular formula is C24H25N3O4. The van der Waals surface area contributed by atoms with Gasteiger partial charge in [0.2, 0.25) is 0 Å². The number of fused-ring (bicyclic) bond motifs is 1. The van der Waals surface area contributed by atoms with Gasteiger partial charge in [-0.3, -0.25) is 4.79 Å². The molecule has 0 spiro atoms. The molecule has 1 aliphatic heterocycles. The number of morpholine rings is 1. The maximum atomic E-state index is 12.8. The zero-order valence-corrected chi connectivity index (χ0v) is 17.3. The quantitative estimate of drug-likeness (QED) is 0.691. The van der Waals surface area contributed by atoms with E-state index in [0.717, 1.165) is 29.7 Å².